The SMILES string of the molecule is COC1CC(c2ccccc2OC(F)F)n2c1nc1cc(F)c(Br)cc12. The van der Waals surface area contributed by atoms with Crippen LogP contribution in [0.1, 0.15) is 30.0 Å². The zero-order valence-corrected chi connectivity index (χ0v) is 15.2. The molecule has 26 heavy (non-hydrogen) atoms. The van der Waals surface area contributed by atoms with Gasteiger partial charge in [-0.25, -0.2) is 9.37 Å². The van der Waals surface area contributed by atoms with E-state index in [1.165, 1.54) is 12.1 Å². The number of aromatic nitrogens is 2. The predicted octanol–water partition coefficient (Wildman–Crippen LogP) is 5.22. The molecule has 136 valence electrons. The average molecular weight is 427 g/mol. The van der Waals surface area contributed by atoms with Gasteiger partial charge in [-0.1, -0.05) is 18.2 Å². The fourth-order valence-electron chi connectivity index (χ4n) is 3.50. The van der Waals surface area contributed by atoms with Crippen LogP contribution < -0.4 is 4.74 Å². The summed E-state index contributed by atoms with van der Waals surface area (Å²) in [6, 6.07) is 9.33. The van der Waals surface area contributed by atoms with Gasteiger partial charge < -0.3 is 14.0 Å². The minimum Gasteiger partial charge on any atom is -0.434 e. The monoisotopic (exact) mass is 426 g/mol. The predicted molar refractivity (Wildman–Crippen MR) is 93.0 cm³/mol. The van der Waals surface area contributed by atoms with Crippen LogP contribution in [-0.2, 0) is 4.74 Å². The Balaban J connectivity index is 1.91. The van der Waals surface area contributed by atoms with E-state index >= 15 is 0 Å². The Bertz CT molecular complexity index is 976. The van der Waals surface area contributed by atoms with Gasteiger partial charge in [-0.15, -0.1) is 0 Å². The zero-order chi connectivity index (χ0) is 18.4. The van der Waals surface area contributed by atoms with Crippen molar-refractivity contribution in [2.45, 2.75) is 25.2 Å². The Hall–Kier alpha value is -2.06. The normalized spacial score (nSPS) is 19.3. The maximum Gasteiger partial charge on any atom is 0.387 e. The molecule has 0 spiro atoms. The van der Waals surface area contributed by atoms with E-state index in [-0.39, 0.29) is 17.9 Å². The molecule has 1 aliphatic heterocycles. The van der Waals surface area contributed by atoms with E-state index in [0.717, 1.165) is 0 Å². The molecular formula is C18H14BrF3N2O2. The van der Waals surface area contributed by atoms with E-state index in [4.69, 9.17) is 9.47 Å². The molecule has 0 aliphatic carbocycles. The molecule has 0 fully saturated rings. The van der Waals surface area contributed by atoms with E-state index in [1.54, 1.807) is 31.4 Å². The molecule has 3 aromatic rings. The van der Waals surface area contributed by atoms with Gasteiger partial charge in [0.25, 0.3) is 0 Å². The van der Waals surface area contributed by atoms with Gasteiger partial charge in [-0.2, -0.15) is 8.78 Å². The number of benzene rings is 2. The van der Waals surface area contributed by atoms with Crippen molar-refractivity contribution in [1.29, 1.82) is 0 Å². The summed E-state index contributed by atoms with van der Waals surface area (Å²) in [4.78, 5) is 4.50. The summed E-state index contributed by atoms with van der Waals surface area (Å²) in [5, 5.41) is 0. The van der Waals surface area contributed by atoms with Gasteiger partial charge in [0.05, 0.1) is 21.5 Å². The highest BCUT2D eigenvalue weighted by Crippen LogP contribution is 2.45. The number of para-hydroxylation sites is 1. The molecule has 0 saturated heterocycles. The average Bonchev–Trinajstić information content (AvgIpc) is 3.12. The summed E-state index contributed by atoms with van der Waals surface area (Å²) in [6.45, 7) is -2.92. The summed E-state index contributed by atoms with van der Waals surface area (Å²) < 4.78 is 51.9. The number of hydrogen-bond donors (Lipinski definition) is 0. The van der Waals surface area contributed by atoms with E-state index in [9.17, 15) is 13.2 Å². The van der Waals surface area contributed by atoms with Crippen LogP contribution in [0, 0.1) is 5.82 Å². The summed E-state index contributed by atoms with van der Waals surface area (Å²) in [5.74, 6) is 0.330. The first-order chi connectivity index (χ1) is 12.5. The molecule has 4 nitrogen and oxygen atoms in total. The lowest BCUT2D eigenvalue weighted by Gasteiger charge is -2.19. The standard InChI is InChI=1S/C18H14BrF3N2O2/c1-25-16-8-13(9-4-2-3-5-15(9)26-18(21)22)24-14-6-10(19)11(20)7-12(14)23-17(16)24/h2-7,13,16,18H,8H2,1H3. The van der Waals surface area contributed by atoms with Crippen LogP contribution in [0.2, 0.25) is 0 Å². The van der Waals surface area contributed by atoms with Crippen LogP contribution in [0.15, 0.2) is 40.9 Å². The smallest absolute Gasteiger partial charge is 0.387 e. The first-order valence-corrected chi connectivity index (χ1v) is 8.72. The number of hydrogen-bond acceptors (Lipinski definition) is 3. The Morgan fingerprint density at radius 3 is 2.77 bits per heavy atom. The van der Waals surface area contributed by atoms with Crippen LogP contribution in [0.5, 0.6) is 5.75 Å². The lowest BCUT2D eigenvalue weighted by Crippen LogP contribution is -2.10. The second kappa shape index (κ2) is 6.59. The third-order valence-corrected chi connectivity index (χ3v) is 5.18. The topological polar surface area (TPSA) is 36.3 Å². The molecule has 0 radical (unpaired) electrons. The van der Waals surface area contributed by atoms with Crippen molar-refractivity contribution in [3.05, 3.63) is 58.1 Å². The molecule has 0 amide bonds. The first-order valence-electron chi connectivity index (χ1n) is 7.93. The maximum atomic E-state index is 13.9. The first kappa shape index (κ1) is 17.4. The molecular weight excluding hydrogens is 413 g/mol. The summed E-state index contributed by atoms with van der Waals surface area (Å²) in [7, 11) is 1.56. The fourth-order valence-corrected chi connectivity index (χ4v) is 3.84. The van der Waals surface area contributed by atoms with Gasteiger partial charge >= 0.3 is 6.61 Å². The van der Waals surface area contributed by atoms with Gasteiger partial charge in [0.15, 0.2) is 0 Å². The highest BCUT2D eigenvalue weighted by molar-refractivity contribution is 9.10. The van der Waals surface area contributed by atoms with E-state index in [0.29, 0.717) is 33.3 Å². The van der Waals surface area contributed by atoms with Crippen molar-refractivity contribution < 1.29 is 22.6 Å². The molecule has 1 aromatic heterocycles. The number of ether oxygens (including phenoxy) is 2. The third-order valence-electron chi connectivity index (χ3n) is 4.57. The van der Waals surface area contributed by atoms with Gasteiger partial charge in [-0.3, -0.25) is 0 Å². The van der Waals surface area contributed by atoms with Gasteiger partial charge in [0.1, 0.15) is 23.5 Å². The van der Waals surface area contributed by atoms with Crippen molar-refractivity contribution in [2.75, 3.05) is 7.11 Å². The minimum absolute atomic E-state index is 0.109. The minimum atomic E-state index is -2.92. The van der Waals surface area contributed by atoms with Crippen LogP contribution >= 0.6 is 15.9 Å². The van der Waals surface area contributed by atoms with Crippen molar-refractivity contribution >= 4 is 27.0 Å². The highest BCUT2D eigenvalue weighted by atomic mass is 79.9. The molecule has 2 heterocycles. The fraction of sp³-hybridized carbons (Fsp3) is 0.278. The van der Waals surface area contributed by atoms with E-state index in [2.05, 4.69) is 20.9 Å². The zero-order valence-electron chi connectivity index (χ0n) is 13.6. The van der Waals surface area contributed by atoms with Crippen LogP contribution in [-0.4, -0.2) is 23.3 Å². The molecule has 0 saturated carbocycles. The number of rotatable bonds is 4. The van der Waals surface area contributed by atoms with E-state index < -0.39 is 12.4 Å². The van der Waals surface area contributed by atoms with Crippen molar-refractivity contribution in [3.8, 4) is 5.75 Å². The quantitative estimate of drug-likeness (QED) is 0.573. The van der Waals surface area contributed by atoms with Crippen molar-refractivity contribution in [2.24, 2.45) is 0 Å². The Labute approximate surface area is 155 Å². The van der Waals surface area contributed by atoms with Crippen LogP contribution in [0.3, 0.4) is 0 Å². The van der Waals surface area contributed by atoms with Crippen molar-refractivity contribution in [3.63, 3.8) is 0 Å². The second-order valence-electron chi connectivity index (χ2n) is 5.99. The van der Waals surface area contributed by atoms with E-state index in [1.807, 2.05) is 4.57 Å². The van der Waals surface area contributed by atoms with Gasteiger partial charge in [0.2, 0.25) is 0 Å². The van der Waals surface area contributed by atoms with Gasteiger partial charge in [0, 0.05) is 25.2 Å². The second-order valence-corrected chi connectivity index (χ2v) is 6.84. The lowest BCUT2D eigenvalue weighted by molar-refractivity contribution is -0.0507. The van der Waals surface area contributed by atoms with Gasteiger partial charge in [-0.05, 0) is 28.1 Å². The number of fused-ring (bicyclic) bond motifs is 3. The molecule has 0 bridgehead atoms. The highest BCUT2D eigenvalue weighted by Gasteiger charge is 2.37. The number of imidazole rings is 1. The Morgan fingerprint density at radius 1 is 1.27 bits per heavy atom. The molecule has 8 heteroatoms. The summed E-state index contributed by atoms with van der Waals surface area (Å²) >= 11 is 3.19. The Kier molecular flexibility index (Phi) is 4.40. The number of alkyl halides is 2. The van der Waals surface area contributed by atoms with Crippen LogP contribution in [0.4, 0.5) is 13.2 Å². The lowest BCUT2D eigenvalue weighted by atomic mass is 10.0. The number of halogens is 4. The largest absolute Gasteiger partial charge is 0.434 e. The maximum absolute atomic E-state index is 13.9. The number of methoxy groups -OCH3 is 1. The molecule has 1 aliphatic rings. The molecule has 2 atom stereocenters. The molecule has 4 rings (SSSR count). The summed E-state index contributed by atoms with van der Waals surface area (Å²) in [6.07, 6.45) is 0.196. The summed E-state index contributed by atoms with van der Waals surface area (Å²) in [5.41, 5.74) is 1.79. The number of nitrogens with zero attached hydrogens (tertiary/aromatic N) is 2. The van der Waals surface area contributed by atoms with Crippen molar-refractivity contribution in [1.82, 2.24) is 9.55 Å². The molecule has 2 aromatic carbocycles. The molecule has 2 unspecified atom stereocenters. The molecule has 0 N–H and O–H groups in total. The Morgan fingerprint density at radius 2 is 2.04 bits per heavy atom. The third kappa shape index (κ3) is 2.77. The van der Waals surface area contributed by atoms with Crippen LogP contribution in [0.25, 0.3) is 11.0 Å².